The summed E-state index contributed by atoms with van der Waals surface area (Å²) < 4.78 is 23.1. The highest BCUT2D eigenvalue weighted by Gasteiger charge is 2.28. The van der Waals surface area contributed by atoms with Crippen LogP contribution in [0.3, 0.4) is 0 Å². The summed E-state index contributed by atoms with van der Waals surface area (Å²) in [6.45, 7) is 4.42. The highest BCUT2D eigenvalue weighted by molar-refractivity contribution is 7.91. The first-order valence-electron chi connectivity index (χ1n) is 7.83. The third-order valence-corrected chi connectivity index (χ3v) is 6.12. The van der Waals surface area contributed by atoms with Crippen molar-refractivity contribution in [3.63, 3.8) is 0 Å². The fraction of sp³-hybridized carbons (Fsp3) is 0.733. The van der Waals surface area contributed by atoms with Crippen LogP contribution in [0, 0.1) is 12.8 Å². The van der Waals surface area contributed by atoms with Crippen LogP contribution in [0.25, 0.3) is 0 Å². The molecule has 0 saturated heterocycles. The maximum Gasteiger partial charge on any atom is 0.271 e. The largest absolute Gasteiger partial charge is 0.350 e. The quantitative estimate of drug-likeness (QED) is 0.859. The Morgan fingerprint density at radius 3 is 2.45 bits per heavy atom. The fourth-order valence-electron chi connectivity index (χ4n) is 3.00. The lowest BCUT2D eigenvalue weighted by Crippen LogP contribution is -2.34. The van der Waals surface area contributed by atoms with Crippen molar-refractivity contribution in [2.45, 2.75) is 51.2 Å². The van der Waals surface area contributed by atoms with Crippen molar-refractivity contribution in [1.29, 1.82) is 0 Å². The lowest BCUT2D eigenvalue weighted by atomic mass is 9.89. The number of aryl methyl sites for hydroxylation is 2. The monoisotopic (exact) mass is 327 g/mol. The van der Waals surface area contributed by atoms with E-state index in [1.54, 1.807) is 0 Å². The lowest BCUT2D eigenvalue weighted by Gasteiger charge is -2.27. The first-order valence-corrected chi connectivity index (χ1v) is 9.79. The van der Waals surface area contributed by atoms with Crippen LogP contribution in [-0.2, 0) is 16.3 Å². The molecule has 0 spiro atoms. The Balaban J connectivity index is 1.84. The van der Waals surface area contributed by atoms with E-state index in [9.17, 15) is 13.2 Å². The molecule has 0 atom stereocenters. The molecule has 1 aliphatic carbocycles. The number of nitrogens with zero attached hydrogens (tertiary/aromatic N) is 1. The molecule has 1 aromatic rings. The summed E-state index contributed by atoms with van der Waals surface area (Å²) in [6, 6.07) is 0. The predicted molar refractivity (Wildman–Crippen MR) is 85.6 cm³/mol. The van der Waals surface area contributed by atoms with Gasteiger partial charge in [0.25, 0.3) is 5.91 Å². The zero-order valence-corrected chi connectivity index (χ0v) is 14.3. The van der Waals surface area contributed by atoms with Gasteiger partial charge in [0.1, 0.15) is 21.4 Å². The number of aromatic nitrogens is 2. The molecule has 1 aromatic heterocycles. The standard InChI is InChI=1S/C15H25N3O3S/c1-4-13-17-10(2)14(18-13)15(19)16-9-11-5-7-12(8-6-11)22(3,20)21/h11-12H,4-9H2,1-3H3,(H,16,19)(H,17,18). The molecule has 0 aliphatic heterocycles. The molecule has 22 heavy (non-hydrogen) atoms. The summed E-state index contributed by atoms with van der Waals surface area (Å²) >= 11 is 0. The molecule has 2 rings (SSSR count). The summed E-state index contributed by atoms with van der Waals surface area (Å²) in [6.07, 6.45) is 5.16. The first-order chi connectivity index (χ1) is 10.3. The number of hydrogen-bond acceptors (Lipinski definition) is 4. The van der Waals surface area contributed by atoms with E-state index < -0.39 is 9.84 Å². The lowest BCUT2D eigenvalue weighted by molar-refractivity contribution is 0.0938. The molecule has 7 heteroatoms. The van der Waals surface area contributed by atoms with Gasteiger partial charge in [0.2, 0.25) is 0 Å². The highest BCUT2D eigenvalue weighted by Crippen LogP contribution is 2.27. The molecule has 1 amide bonds. The summed E-state index contributed by atoms with van der Waals surface area (Å²) in [7, 11) is -2.93. The molecular formula is C15H25N3O3S. The van der Waals surface area contributed by atoms with Gasteiger partial charge in [-0.2, -0.15) is 0 Å². The van der Waals surface area contributed by atoms with Crippen LogP contribution >= 0.6 is 0 Å². The molecule has 1 fully saturated rings. The van der Waals surface area contributed by atoms with Gasteiger partial charge >= 0.3 is 0 Å². The average molecular weight is 327 g/mol. The number of nitrogens with one attached hydrogen (secondary N) is 2. The SMILES string of the molecule is CCc1nc(C(=O)NCC2CCC(S(C)(=O)=O)CC2)c(C)[nH]1. The van der Waals surface area contributed by atoms with Crippen LogP contribution in [0.4, 0.5) is 0 Å². The van der Waals surface area contributed by atoms with E-state index in [1.807, 2.05) is 13.8 Å². The number of hydrogen-bond donors (Lipinski definition) is 2. The molecule has 1 saturated carbocycles. The third kappa shape index (κ3) is 4.09. The van der Waals surface area contributed by atoms with E-state index in [-0.39, 0.29) is 11.2 Å². The van der Waals surface area contributed by atoms with Gasteiger partial charge in [0.05, 0.1) is 5.25 Å². The molecule has 0 unspecified atom stereocenters. The Morgan fingerprint density at radius 2 is 1.95 bits per heavy atom. The Labute approximate surface area is 132 Å². The maximum atomic E-state index is 12.2. The normalized spacial score (nSPS) is 22.5. The van der Waals surface area contributed by atoms with Crippen molar-refractivity contribution in [3.8, 4) is 0 Å². The second-order valence-electron chi connectivity index (χ2n) is 6.19. The van der Waals surface area contributed by atoms with Gasteiger partial charge in [-0.25, -0.2) is 13.4 Å². The number of rotatable bonds is 5. The van der Waals surface area contributed by atoms with Crippen molar-refractivity contribution >= 4 is 15.7 Å². The number of aromatic amines is 1. The topological polar surface area (TPSA) is 91.9 Å². The van der Waals surface area contributed by atoms with Crippen molar-refractivity contribution in [3.05, 3.63) is 17.2 Å². The van der Waals surface area contributed by atoms with Crippen LogP contribution in [0.1, 0.15) is 54.6 Å². The van der Waals surface area contributed by atoms with Gasteiger partial charge in [-0.3, -0.25) is 4.79 Å². The first kappa shape index (κ1) is 17.0. The molecule has 0 aromatic carbocycles. The number of carbonyl (C=O) groups excluding carboxylic acids is 1. The molecule has 0 bridgehead atoms. The minimum Gasteiger partial charge on any atom is -0.350 e. The molecule has 1 aliphatic rings. The summed E-state index contributed by atoms with van der Waals surface area (Å²) in [5, 5.41) is 2.72. The van der Waals surface area contributed by atoms with Crippen LogP contribution < -0.4 is 5.32 Å². The number of imidazole rings is 1. The number of sulfone groups is 1. The Bertz CT molecular complexity index is 628. The van der Waals surface area contributed by atoms with Crippen LogP contribution in [0.5, 0.6) is 0 Å². The molecule has 1 heterocycles. The highest BCUT2D eigenvalue weighted by atomic mass is 32.2. The molecular weight excluding hydrogens is 302 g/mol. The van der Waals surface area contributed by atoms with E-state index in [0.717, 1.165) is 30.8 Å². The second kappa shape index (κ2) is 6.81. The van der Waals surface area contributed by atoms with Gasteiger partial charge < -0.3 is 10.3 Å². The van der Waals surface area contributed by atoms with E-state index >= 15 is 0 Å². The fourth-order valence-corrected chi connectivity index (χ4v) is 4.12. The van der Waals surface area contributed by atoms with E-state index in [4.69, 9.17) is 0 Å². The zero-order valence-electron chi connectivity index (χ0n) is 13.5. The van der Waals surface area contributed by atoms with Crippen LogP contribution in [-0.4, -0.2) is 42.3 Å². The summed E-state index contributed by atoms with van der Waals surface area (Å²) in [5.41, 5.74) is 1.25. The minimum atomic E-state index is -2.93. The van der Waals surface area contributed by atoms with Crippen molar-refractivity contribution < 1.29 is 13.2 Å². The minimum absolute atomic E-state index is 0.154. The van der Waals surface area contributed by atoms with Gasteiger partial charge in [-0.05, 0) is 38.5 Å². The van der Waals surface area contributed by atoms with Crippen LogP contribution in [0.2, 0.25) is 0 Å². The van der Waals surface area contributed by atoms with Gasteiger partial charge in [0.15, 0.2) is 0 Å². The van der Waals surface area contributed by atoms with Crippen LogP contribution in [0.15, 0.2) is 0 Å². The van der Waals surface area contributed by atoms with Gasteiger partial charge in [-0.15, -0.1) is 0 Å². The molecule has 0 radical (unpaired) electrons. The second-order valence-corrected chi connectivity index (χ2v) is 8.52. The zero-order chi connectivity index (χ0) is 16.3. The Kier molecular flexibility index (Phi) is 5.26. The third-order valence-electron chi connectivity index (χ3n) is 4.43. The molecule has 124 valence electrons. The maximum absolute atomic E-state index is 12.2. The molecule has 2 N–H and O–H groups in total. The van der Waals surface area contributed by atoms with Gasteiger partial charge in [-0.1, -0.05) is 6.92 Å². The Hall–Kier alpha value is -1.37. The van der Waals surface area contributed by atoms with Gasteiger partial charge in [0, 0.05) is 24.9 Å². The number of H-pyrrole nitrogens is 1. The summed E-state index contributed by atoms with van der Waals surface area (Å²) in [4.78, 5) is 19.6. The smallest absolute Gasteiger partial charge is 0.271 e. The number of amides is 1. The number of carbonyl (C=O) groups is 1. The van der Waals surface area contributed by atoms with Crippen molar-refractivity contribution in [1.82, 2.24) is 15.3 Å². The van der Waals surface area contributed by atoms with Crippen molar-refractivity contribution in [2.75, 3.05) is 12.8 Å². The van der Waals surface area contributed by atoms with E-state index in [1.165, 1.54) is 6.26 Å². The van der Waals surface area contributed by atoms with E-state index in [2.05, 4.69) is 15.3 Å². The average Bonchev–Trinajstić information content (AvgIpc) is 2.85. The predicted octanol–water partition coefficient (Wildman–Crippen LogP) is 1.61. The van der Waals surface area contributed by atoms with Crippen molar-refractivity contribution in [2.24, 2.45) is 5.92 Å². The Morgan fingerprint density at radius 1 is 1.32 bits per heavy atom. The summed E-state index contributed by atoms with van der Waals surface area (Å²) in [5.74, 6) is 1.02. The van der Waals surface area contributed by atoms with E-state index in [0.29, 0.717) is 31.0 Å². The molecule has 6 nitrogen and oxygen atoms in total.